The number of halogens is 2. The van der Waals surface area contributed by atoms with E-state index in [9.17, 15) is 8.78 Å². The van der Waals surface area contributed by atoms with Crippen LogP contribution in [0.1, 0.15) is 5.69 Å². The molecule has 1 aliphatic rings. The summed E-state index contributed by atoms with van der Waals surface area (Å²) in [5.41, 5.74) is 2.66. The summed E-state index contributed by atoms with van der Waals surface area (Å²) in [5, 5.41) is 12.5. The summed E-state index contributed by atoms with van der Waals surface area (Å²) in [7, 11) is 0. The fraction of sp³-hybridized carbons (Fsp3) is 0.292. The Morgan fingerprint density at radius 2 is 1.56 bits per heavy atom. The summed E-state index contributed by atoms with van der Waals surface area (Å²) in [6.45, 7) is 4.88. The molecule has 5 rings (SSSR count). The number of ether oxygens (including phenoxy) is 1. The molecule has 0 unspecified atom stereocenters. The van der Waals surface area contributed by atoms with Gasteiger partial charge in [-0.05, 0) is 48.5 Å². The zero-order chi connectivity index (χ0) is 23.3. The standard InChI is InChI=1S/C24H23F2N5OS2/c25-19-5-1-17(2-6-19)22-28-29-24(31(22)10-9-30-11-13-32-14-12-30)34-16-21-15-33-23(27-21)18-3-7-20(26)8-4-18/h1-8,15H,9-14,16H2. The van der Waals surface area contributed by atoms with Crippen molar-refractivity contribution in [1.82, 2.24) is 24.6 Å². The maximum absolute atomic E-state index is 13.5. The highest BCUT2D eigenvalue weighted by Gasteiger charge is 2.18. The van der Waals surface area contributed by atoms with Crippen LogP contribution in [0, 0.1) is 11.6 Å². The number of benzene rings is 2. The molecule has 1 aliphatic heterocycles. The minimum atomic E-state index is -0.279. The van der Waals surface area contributed by atoms with Crippen molar-refractivity contribution in [2.75, 3.05) is 32.8 Å². The molecule has 1 fully saturated rings. The molecule has 0 spiro atoms. The van der Waals surface area contributed by atoms with Crippen LogP contribution in [0.25, 0.3) is 22.0 Å². The third-order valence-corrected chi connectivity index (χ3v) is 7.50. The molecule has 0 aliphatic carbocycles. The van der Waals surface area contributed by atoms with Crippen molar-refractivity contribution in [2.24, 2.45) is 0 Å². The maximum Gasteiger partial charge on any atom is 0.191 e. The summed E-state index contributed by atoms with van der Waals surface area (Å²) in [6.07, 6.45) is 0. The van der Waals surface area contributed by atoms with Gasteiger partial charge in [0.1, 0.15) is 16.6 Å². The minimum Gasteiger partial charge on any atom is -0.379 e. The van der Waals surface area contributed by atoms with Gasteiger partial charge in [0.2, 0.25) is 0 Å². The van der Waals surface area contributed by atoms with Gasteiger partial charge in [0.15, 0.2) is 11.0 Å². The Morgan fingerprint density at radius 3 is 2.26 bits per heavy atom. The number of thioether (sulfide) groups is 1. The van der Waals surface area contributed by atoms with Gasteiger partial charge in [-0.15, -0.1) is 21.5 Å². The van der Waals surface area contributed by atoms with E-state index in [1.807, 2.05) is 5.38 Å². The van der Waals surface area contributed by atoms with E-state index in [1.165, 1.54) is 35.6 Å². The second kappa shape index (κ2) is 10.7. The van der Waals surface area contributed by atoms with E-state index in [0.717, 1.165) is 72.2 Å². The molecule has 0 N–H and O–H groups in total. The molecule has 34 heavy (non-hydrogen) atoms. The molecule has 0 bridgehead atoms. The quantitative estimate of drug-likeness (QED) is 0.319. The van der Waals surface area contributed by atoms with Gasteiger partial charge in [-0.1, -0.05) is 11.8 Å². The summed E-state index contributed by atoms with van der Waals surface area (Å²) in [4.78, 5) is 7.07. The van der Waals surface area contributed by atoms with Gasteiger partial charge in [-0.3, -0.25) is 4.90 Å². The fourth-order valence-corrected chi connectivity index (χ4v) is 5.50. The van der Waals surface area contributed by atoms with Crippen molar-refractivity contribution in [3.63, 3.8) is 0 Å². The van der Waals surface area contributed by atoms with Crippen molar-refractivity contribution < 1.29 is 13.5 Å². The van der Waals surface area contributed by atoms with Crippen molar-refractivity contribution >= 4 is 23.1 Å². The van der Waals surface area contributed by atoms with Crippen LogP contribution in [0.3, 0.4) is 0 Å². The SMILES string of the molecule is Fc1ccc(-c2nc(CSc3nnc(-c4ccc(F)cc4)n3CCN3CCOCC3)cs2)cc1. The van der Waals surface area contributed by atoms with E-state index >= 15 is 0 Å². The van der Waals surface area contributed by atoms with Gasteiger partial charge in [0.25, 0.3) is 0 Å². The molecule has 2 aromatic carbocycles. The molecule has 4 aromatic rings. The number of hydrogen-bond acceptors (Lipinski definition) is 7. The maximum atomic E-state index is 13.5. The first kappa shape index (κ1) is 23.1. The predicted octanol–water partition coefficient (Wildman–Crippen LogP) is 4.97. The van der Waals surface area contributed by atoms with Crippen LogP contribution in [-0.4, -0.2) is 57.5 Å². The summed E-state index contributed by atoms with van der Waals surface area (Å²) in [5.74, 6) is 0.820. The first-order valence-corrected chi connectivity index (χ1v) is 12.8. The van der Waals surface area contributed by atoms with E-state index in [2.05, 4.69) is 19.7 Å². The van der Waals surface area contributed by atoms with Gasteiger partial charge >= 0.3 is 0 Å². The summed E-state index contributed by atoms with van der Waals surface area (Å²) >= 11 is 3.11. The molecule has 2 aromatic heterocycles. The van der Waals surface area contributed by atoms with Crippen LogP contribution >= 0.6 is 23.1 Å². The molecule has 176 valence electrons. The lowest BCUT2D eigenvalue weighted by Gasteiger charge is -2.27. The first-order chi connectivity index (χ1) is 16.7. The molecular weight excluding hydrogens is 476 g/mol. The van der Waals surface area contributed by atoms with E-state index in [1.54, 1.807) is 36.0 Å². The predicted molar refractivity (Wildman–Crippen MR) is 130 cm³/mol. The molecule has 1 saturated heterocycles. The number of aromatic nitrogens is 4. The lowest BCUT2D eigenvalue weighted by Crippen LogP contribution is -2.38. The Hall–Kier alpha value is -2.66. The number of morpholine rings is 1. The minimum absolute atomic E-state index is 0.260. The lowest BCUT2D eigenvalue weighted by molar-refractivity contribution is 0.0361. The third kappa shape index (κ3) is 5.52. The third-order valence-electron chi connectivity index (χ3n) is 5.55. The molecule has 10 heteroatoms. The number of nitrogens with zero attached hydrogens (tertiary/aromatic N) is 5. The molecule has 0 atom stereocenters. The normalized spacial score (nSPS) is 14.5. The Bertz CT molecular complexity index is 1220. The van der Waals surface area contributed by atoms with Gasteiger partial charge in [-0.25, -0.2) is 13.8 Å². The average Bonchev–Trinajstić information content (AvgIpc) is 3.50. The molecule has 0 amide bonds. The van der Waals surface area contributed by atoms with Crippen LogP contribution < -0.4 is 0 Å². The van der Waals surface area contributed by atoms with E-state index < -0.39 is 0 Å². The monoisotopic (exact) mass is 499 g/mol. The highest BCUT2D eigenvalue weighted by atomic mass is 32.2. The van der Waals surface area contributed by atoms with E-state index in [-0.39, 0.29) is 11.6 Å². The topological polar surface area (TPSA) is 56.1 Å². The Morgan fingerprint density at radius 1 is 0.882 bits per heavy atom. The van der Waals surface area contributed by atoms with Crippen molar-refractivity contribution in [1.29, 1.82) is 0 Å². The van der Waals surface area contributed by atoms with Crippen LogP contribution in [0.15, 0.2) is 59.1 Å². The average molecular weight is 500 g/mol. The number of thiazole rings is 1. The Balaban J connectivity index is 1.33. The van der Waals surface area contributed by atoms with Crippen LogP contribution in [-0.2, 0) is 17.0 Å². The molecule has 3 heterocycles. The highest BCUT2D eigenvalue weighted by Crippen LogP contribution is 2.29. The second-order valence-electron chi connectivity index (χ2n) is 7.86. The van der Waals surface area contributed by atoms with Gasteiger partial charge in [-0.2, -0.15) is 0 Å². The zero-order valence-corrected chi connectivity index (χ0v) is 20.0. The lowest BCUT2D eigenvalue weighted by atomic mass is 10.2. The molecule has 6 nitrogen and oxygen atoms in total. The van der Waals surface area contributed by atoms with Crippen LogP contribution in [0.4, 0.5) is 8.78 Å². The Labute approximate surface area is 204 Å². The van der Waals surface area contributed by atoms with Crippen molar-refractivity contribution in [3.8, 4) is 22.0 Å². The molecule has 0 saturated carbocycles. The second-order valence-corrected chi connectivity index (χ2v) is 9.66. The largest absolute Gasteiger partial charge is 0.379 e. The van der Waals surface area contributed by atoms with Crippen LogP contribution in [0.5, 0.6) is 0 Å². The Kier molecular flexibility index (Phi) is 7.29. The van der Waals surface area contributed by atoms with Crippen molar-refractivity contribution in [2.45, 2.75) is 17.5 Å². The van der Waals surface area contributed by atoms with Gasteiger partial charge < -0.3 is 9.30 Å². The summed E-state index contributed by atoms with van der Waals surface area (Å²) in [6, 6.07) is 12.7. The first-order valence-electron chi connectivity index (χ1n) is 11.0. The summed E-state index contributed by atoms with van der Waals surface area (Å²) < 4.78 is 34.2. The van der Waals surface area contributed by atoms with E-state index in [4.69, 9.17) is 9.72 Å². The zero-order valence-electron chi connectivity index (χ0n) is 18.4. The highest BCUT2D eigenvalue weighted by molar-refractivity contribution is 7.98. The number of rotatable bonds is 8. The van der Waals surface area contributed by atoms with Crippen molar-refractivity contribution in [3.05, 3.63) is 71.2 Å². The molecular formula is C24H23F2N5OS2. The fourth-order valence-electron chi connectivity index (χ4n) is 3.71. The van der Waals surface area contributed by atoms with Gasteiger partial charge in [0, 0.05) is 48.4 Å². The van der Waals surface area contributed by atoms with Crippen LogP contribution in [0.2, 0.25) is 0 Å². The van der Waals surface area contributed by atoms with Gasteiger partial charge in [0.05, 0.1) is 18.9 Å². The number of hydrogen-bond donors (Lipinski definition) is 0. The molecule has 0 radical (unpaired) electrons. The van der Waals surface area contributed by atoms with E-state index in [0.29, 0.717) is 5.75 Å². The smallest absolute Gasteiger partial charge is 0.191 e.